The number of benzene rings is 2. The summed E-state index contributed by atoms with van der Waals surface area (Å²) in [6, 6.07) is 16.1. The maximum absolute atomic E-state index is 8.93. The lowest BCUT2D eigenvalue weighted by molar-refractivity contribution is 0.393. The summed E-state index contributed by atoms with van der Waals surface area (Å²) >= 11 is 0. The van der Waals surface area contributed by atoms with Crippen LogP contribution in [0.5, 0.6) is 11.5 Å². The lowest BCUT2D eigenvalue weighted by Crippen LogP contribution is -2.48. The first-order valence-electron chi connectivity index (χ1n) is 10.7. The van der Waals surface area contributed by atoms with Crippen LogP contribution in [0.25, 0.3) is 0 Å². The van der Waals surface area contributed by atoms with Crippen LogP contribution in [0, 0.1) is 11.3 Å². The number of nitriles is 1. The number of rotatable bonds is 7. The SMILES string of the molecule is CCNC(=NCc1ccc(C#N)cc1)NC1CCN(c2cc(OC)cc(OC)c2)CC1.I. The summed E-state index contributed by atoms with van der Waals surface area (Å²) in [5.74, 6) is 2.44. The molecule has 172 valence electrons. The lowest BCUT2D eigenvalue weighted by atomic mass is 10.0. The molecule has 1 fully saturated rings. The van der Waals surface area contributed by atoms with Gasteiger partial charge >= 0.3 is 0 Å². The Balaban J connectivity index is 0.00000363. The molecule has 0 aliphatic carbocycles. The van der Waals surface area contributed by atoms with Gasteiger partial charge in [-0.3, -0.25) is 0 Å². The van der Waals surface area contributed by atoms with Gasteiger partial charge in [-0.2, -0.15) is 5.26 Å². The molecule has 0 bridgehead atoms. The van der Waals surface area contributed by atoms with Gasteiger partial charge in [0.05, 0.1) is 32.4 Å². The van der Waals surface area contributed by atoms with Crippen LogP contribution in [-0.4, -0.2) is 45.9 Å². The third kappa shape index (κ3) is 7.19. The second-order valence-electron chi connectivity index (χ2n) is 7.48. The highest BCUT2D eigenvalue weighted by atomic mass is 127. The highest BCUT2D eigenvalue weighted by Crippen LogP contribution is 2.30. The number of hydrogen-bond donors (Lipinski definition) is 2. The number of halogens is 1. The van der Waals surface area contributed by atoms with Crippen LogP contribution in [0.4, 0.5) is 5.69 Å². The topological polar surface area (TPSA) is 81.9 Å². The minimum Gasteiger partial charge on any atom is -0.497 e. The number of piperidine rings is 1. The minimum atomic E-state index is 0. The predicted molar refractivity (Wildman–Crippen MR) is 139 cm³/mol. The molecule has 1 aliphatic heterocycles. The average Bonchev–Trinajstić information content (AvgIpc) is 2.83. The summed E-state index contributed by atoms with van der Waals surface area (Å²) in [5, 5.41) is 15.8. The summed E-state index contributed by atoms with van der Waals surface area (Å²) in [6.07, 6.45) is 2.03. The first-order valence-corrected chi connectivity index (χ1v) is 10.7. The van der Waals surface area contributed by atoms with Gasteiger partial charge in [0.1, 0.15) is 11.5 Å². The van der Waals surface area contributed by atoms with Gasteiger partial charge in [-0.1, -0.05) is 12.1 Å². The second-order valence-corrected chi connectivity index (χ2v) is 7.48. The van der Waals surface area contributed by atoms with E-state index in [4.69, 9.17) is 19.7 Å². The Bertz CT molecular complexity index is 897. The summed E-state index contributed by atoms with van der Waals surface area (Å²) in [6.45, 7) is 5.34. The molecule has 7 nitrogen and oxygen atoms in total. The standard InChI is InChI=1S/C24H31N5O2.HI/c1-4-26-24(27-17-19-7-5-18(16-25)6-8-19)28-20-9-11-29(12-10-20)21-13-22(30-2)15-23(14-21)31-3;/h5-8,13-15,20H,4,9-12,17H2,1-3H3,(H2,26,27,28);1H. The van der Waals surface area contributed by atoms with E-state index >= 15 is 0 Å². The van der Waals surface area contributed by atoms with Crippen molar-refractivity contribution in [3.63, 3.8) is 0 Å². The van der Waals surface area contributed by atoms with Crippen molar-refractivity contribution in [3.05, 3.63) is 53.6 Å². The highest BCUT2D eigenvalue weighted by molar-refractivity contribution is 14.0. The Labute approximate surface area is 207 Å². The Morgan fingerprint density at radius 2 is 1.72 bits per heavy atom. The summed E-state index contributed by atoms with van der Waals surface area (Å²) in [5.41, 5.74) is 2.87. The summed E-state index contributed by atoms with van der Waals surface area (Å²) in [4.78, 5) is 7.09. The Hall–Kier alpha value is -2.67. The van der Waals surface area contributed by atoms with Gasteiger partial charge in [0.2, 0.25) is 0 Å². The van der Waals surface area contributed by atoms with Crippen molar-refractivity contribution in [2.45, 2.75) is 32.4 Å². The van der Waals surface area contributed by atoms with Crippen LogP contribution in [0.3, 0.4) is 0 Å². The molecule has 2 aromatic carbocycles. The number of anilines is 1. The molecule has 0 aromatic heterocycles. The zero-order valence-electron chi connectivity index (χ0n) is 18.9. The highest BCUT2D eigenvalue weighted by Gasteiger charge is 2.21. The third-order valence-corrected chi connectivity index (χ3v) is 5.38. The van der Waals surface area contributed by atoms with Gasteiger partial charge in [-0.25, -0.2) is 4.99 Å². The largest absolute Gasteiger partial charge is 0.497 e. The molecule has 3 rings (SSSR count). The fraction of sp³-hybridized carbons (Fsp3) is 0.417. The quantitative estimate of drug-likeness (QED) is 0.310. The summed E-state index contributed by atoms with van der Waals surface area (Å²) in [7, 11) is 3.35. The van der Waals surface area contributed by atoms with Crippen molar-refractivity contribution in [2.24, 2.45) is 4.99 Å². The van der Waals surface area contributed by atoms with E-state index in [0.29, 0.717) is 18.2 Å². The normalized spacial score (nSPS) is 14.2. The van der Waals surface area contributed by atoms with Crippen LogP contribution in [0.15, 0.2) is 47.5 Å². The molecule has 1 saturated heterocycles. The Kier molecular flexibility index (Phi) is 10.4. The molecular weight excluding hydrogens is 517 g/mol. The molecule has 0 radical (unpaired) electrons. The fourth-order valence-corrected chi connectivity index (χ4v) is 3.63. The smallest absolute Gasteiger partial charge is 0.191 e. The zero-order chi connectivity index (χ0) is 22.1. The fourth-order valence-electron chi connectivity index (χ4n) is 3.63. The molecule has 1 aliphatic rings. The van der Waals surface area contributed by atoms with E-state index in [1.165, 1.54) is 0 Å². The van der Waals surface area contributed by atoms with Crippen molar-refractivity contribution in [1.82, 2.24) is 10.6 Å². The maximum atomic E-state index is 8.93. The molecule has 0 spiro atoms. The summed E-state index contributed by atoms with van der Waals surface area (Å²) < 4.78 is 10.8. The molecule has 32 heavy (non-hydrogen) atoms. The minimum absolute atomic E-state index is 0. The van der Waals surface area contributed by atoms with Crippen molar-refractivity contribution < 1.29 is 9.47 Å². The number of nitrogens with one attached hydrogen (secondary N) is 2. The molecule has 0 saturated carbocycles. The number of methoxy groups -OCH3 is 2. The maximum Gasteiger partial charge on any atom is 0.191 e. The number of ether oxygens (including phenoxy) is 2. The molecule has 0 atom stereocenters. The number of nitrogens with zero attached hydrogens (tertiary/aromatic N) is 3. The van der Waals surface area contributed by atoms with Crippen LogP contribution < -0.4 is 25.0 Å². The number of aliphatic imine (C=N–C) groups is 1. The van der Waals surface area contributed by atoms with Crippen LogP contribution in [0.1, 0.15) is 30.9 Å². The van der Waals surface area contributed by atoms with Crippen molar-refractivity contribution >= 4 is 35.6 Å². The van der Waals surface area contributed by atoms with E-state index in [9.17, 15) is 0 Å². The van der Waals surface area contributed by atoms with Crippen molar-refractivity contribution in [2.75, 3.05) is 38.8 Å². The van der Waals surface area contributed by atoms with Gasteiger partial charge in [0.15, 0.2) is 5.96 Å². The second kappa shape index (κ2) is 13.0. The van der Waals surface area contributed by atoms with E-state index in [-0.39, 0.29) is 24.0 Å². The molecule has 2 aromatic rings. The Morgan fingerprint density at radius 3 is 2.25 bits per heavy atom. The van der Waals surface area contributed by atoms with Gasteiger partial charge < -0.3 is 25.0 Å². The van der Waals surface area contributed by atoms with Gasteiger partial charge in [0, 0.05) is 49.6 Å². The molecule has 0 unspecified atom stereocenters. The van der Waals surface area contributed by atoms with Gasteiger partial charge in [0.25, 0.3) is 0 Å². The third-order valence-electron chi connectivity index (χ3n) is 5.38. The monoisotopic (exact) mass is 549 g/mol. The van der Waals surface area contributed by atoms with E-state index in [2.05, 4.69) is 40.7 Å². The first-order chi connectivity index (χ1) is 15.1. The predicted octanol–water partition coefficient (Wildman–Crippen LogP) is 3.92. The van der Waals surface area contributed by atoms with Crippen molar-refractivity contribution in [3.8, 4) is 17.6 Å². The van der Waals surface area contributed by atoms with E-state index in [0.717, 1.165) is 61.2 Å². The first kappa shape index (κ1) is 25.6. The van der Waals surface area contributed by atoms with Crippen LogP contribution >= 0.6 is 24.0 Å². The van der Waals surface area contributed by atoms with Crippen LogP contribution in [0.2, 0.25) is 0 Å². The number of hydrogen-bond acceptors (Lipinski definition) is 5. The average molecular weight is 549 g/mol. The molecule has 8 heteroatoms. The van der Waals surface area contributed by atoms with E-state index < -0.39 is 0 Å². The van der Waals surface area contributed by atoms with Gasteiger partial charge in [-0.15, -0.1) is 24.0 Å². The molecule has 0 amide bonds. The van der Waals surface area contributed by atoms with Crippen LogP contribution in [-0.2, 0) is 6.54 Å². The Morgan fingerprint density at radius 1 is 1.09 bits per heavy atom. The van der Waals surface area contributed by atoms with E-state index in [1.54, 1.807) is 14.2 Å². The van der Waals surface area contributed by atoms with Gasteiger partial charge in [-0.05, 0) is 37.5 Å². The van der Waals surface area contributed by atoms with E-state index in [1.807, 2.05) is 30.3 Å². The molecule has 1 heterocycles. The molecule has 2 N–H and O–H groups in total. The molecular formula is C24H32IN5O2. The zero-order valence-corrected chi connectivity index (χ0v) is 21.3. The lowest BCUT2D eigenvalue weighted by Gasteiger charge is -2.34. The number of guanidine groups is 1. The van der Waals surface area contributed by atoms with Crippen molar-refractivity contribution in [1.29, 1.82) is 5.26 Å².